The maximum Gasteiger partial charge on any atom is 0.270 e. The summed E-state index contributed by atoms with van der Waals surface area (Å²) in [6, 6.07) is 7.70. The molecule has 0 radical (unpaired) electrons. The summed E-state index contributed by atoms with van der Waals surface area (Å²) in [4.78, 5) is 26.8. The average molecular weight is 319 g/mol. The first-order chi connectivity index (χ1) is 10.5. The Balaban J connectivity index is 1.74. The van der Waals surface area contributed by atoms with Crippen LogP contribution in [0.1, 0.15) is 23.0 Å². The maximum atomic E-state index is 11.9. The molecule has 2 amide bonds. The third-order valence-corrected chi connectivity index (χ3v) is 3.45. The van der Waals surface area contributed by atoms with Crippen molar-refractivity contribution in [1.29, 1.82) is 0 Å². The number of nitrogens with zero attached hydrogens (tertiary/aromatic N) is 1. The second-order valence-electron chi connectivity index (χ2n) is 4.64. The fourth-order valence-electron chi connectivity index (χ4n) is 1.64. The molecule has 2 N–H and O–H groups in total. The molecule has 1 aromatic heterocycles. The molecule has 0 spiro atoms. The number of thiazole rings is 1. The lowest BCUT2D eigenvalue weighted by molar-refractivity contribution is -0.114. The minimum Gasteiger partial charge on any atom is -0.492 e. The van der Waals surface area contributed by atoms with Crippen LogP contribution in [0.3, 0.4) is 0 Å². The van der Waals surface area contributed by atoms with Gasteiger partial charge in [-0.15, -0.1) is 11.3 Å². The lowest BCUT2D eigenvalue weighted by atomic mass is 10.2. The summed E-state index contributed by atoms with van der Waals surface area (Å²) in [7, 11) is 0. The summed E-state index contributed by atoms with van der Waals surface area (Å²) in [6.45, 7) is 4.15. The van der Waals surface area contributed by atoms with Gasteiger partial charge in [-0.25, -0.2) is 4.98 Å². The van der Waals surface area contributed by atoms with Crippen molar-refractivity contribution in [2.45, 2.75) is 13.8 Å². The predicted octanol–water partition coefficient (Wildman–Crippen LogP) is 2.22. The number of nitrogens with one attached hydrogen (secondary N) is 2. The van der Waals surface area contributed by atoms with Crippen molar-refractivity contribution >= 4 is 28.3 Å². The number of aryl methyl sites for hydroxylation is 1. The van der Waals surface area contributed by atoms with Gasteiger partial charge in [0, 0.05) is 12.3 Å². The molecule has 0 bridgehead atoms. The van der Waals surface area contributed by atoms with E-state index in [9.17, 15) is 9.59 Å². The molecule has 0 atom stereocenters. The van der Waals surface area contributed by atoms with E-state index in [2.05, 4.69) is 15.6 Å². The van der Waals surface area contributed by atoms with Gasteiger partial charge >= 0.3 is 0 Å². The van der Waals surface area contributed by atoms with Gasteiger partial charge in [0.05, 0.1) is 6.54 Å². The molecule has 0 aliphatic carbocycles. The molecule has 7 heteroatoms. The number of anilines is 1. The normalized spacial score (nSPS) is 10.1. The van der Waals surface area contributed by atoms with Gasteiger partial charge in [0.25, 0.3) is 5.91 Å². The summed E-state index contributed by atoms with van der Waals surface area (Å²) in [5.74, 6) is 0.259. The smallest absolute Gasteiger partial charge is 0.270 e. The number of hydrogen-bond donors (Lipinski definition) is 2. The topological polar surface area (TPSA) is 80.3 Å². The number of amides is 2. The molecule has 6 nitrogen and oxygen atoms in total. The summed E-state index contributed by atoms with van der Waals surface area (Å²) in [5.41, 5.74) is 1.45. The zero-order valence-electron chi connectivity index (χ0n) is 12.4. The van der Waals surface area contributed by atoms with E-state index in [1.807, 2.05) is 31.2 Å². The first-order valence-electron chi connectivity index (χ1n) is 6.75. The van der Waals surface area contributed by atoms with Gasteiger partial charge in [-0.2, -0.15) is 0 Å². The van der Waals surface area contributed by atoms with Crippen molar-refractivity contribution in [2.24, 2.45) is 0 Å². The monoisotopic (exact) mass is 319 g/mol. The Morgan fingerprint density at radius 3 is 2.68 bits per heavy atom. The number of aromatic nitrogens is 1. The molecule has 22 heavy (non-hydrogen) atoms. The van der Waals surface area contributed by atoms with E-state index < -0.39 is 0 Å². The minimum atomic E-state index is -0.291. The fraction of sp³-hybridized carbons (Fsp3) is 0.267. The van der Waals surface area contributed by atoms with Crippen molar-refractivity contribution < 1.29 is 14.3 Å². The lowest BCUT2D eigenvalue weighted by Gasteiger charge is -2.07. The molecule has 1 aromatic carbocycles. The summed E-state index contributed by atoms with van der Waals surface area (Å²) in [6.07, 6.45) is 0. The van der Waals surface area contributed by atoms with Crippen LogP contribution in [0.25, 0.3) is 0 Å². The van der Waals surface area contributed by atoms with Gasteiger partial charge in [0.2, 0.25) is 5.91 Å². The van der Waals surface area contributed by atoms with Gasteiger partial charge in [0.1, 0.15) is 18.1 Å². The van der Waals surface area contributed by atoms with E-state index in [-0.39, 0.29) is 17.5 Å². The first-order valence-corrected chi connectivity index (χ1v) is 7.63. The molecule has 0 unspecified atom stereocenters. The molecule has 0 aliphatic rings. The van der Waals surface area contributed by atoms with Gasteiger partial charge in [-0.1, -0.05) is 17.7 Å². The first kappa shape index (κ1) is 16.0. The highest BCUT2D eigenvalue weighted by Gasteiger charge is 2.10. The van der Waals surface area contributed by atoms with Crippen molar-refractivity contribution in [3.05, 3.63) is 40.9 Å². The highest BCUT2D eigenvalue weighted by molar-refractivity contribution is 7.14. The molecule has 0 saturated carbocycles. The zero-order valence-corrected chi connectivity index (χ0v) is 13.2. The third-order valence-electron chi connectivity index (χ3n) is 2.70. The second kappa shape index (κ2) is 7.56. The standard InChI is InChI=1S/C15H17N3O3S/c1-10-3-5-12(6-4-10)21-8-7-16-14(20)13-9-22-15(18-13)17-11(2)19/h3-6,9H,7-8H2,1-2H3,(H,16,20)(H,17,18,19). The largest absolute Gasteiger partial charge is 0.492 e. The van der Waals surface area contributed by atoms with Crippen LogP contribution >= 0.6 is 11.3 Å². The molecular weight excluding hydrogens is 302 g/mol. The molecule has 2 rings (SSSR count). The average Bonchev–Trinajstić information content (AvgIpc) is 2.93. The Morgan fingerprint density at radius 1 is 1.27 bits per heavy atom. The van der Waals surface area contributed by atoms with Crippen LogP contribution in [0.2, 0.25) is 0 Å². The Morgan fingerprint density at radius 2 is 2.00 bits per heavy atom. The number of hydrogen-bond acceptors (Lipinski definition) is 5. The summed E-state index contributed by atoms with van der Waals surface area (Å²) in [5, 5.41) is 7.26. The van der Waals surface area contributed by atoms with E-state index in [1.165, 1.54) is 23.8 Å². The van der Waals surface area contributed by atoms with Crippen molar-refractivity contribution in [1.82, 2.24) is 10.3 Å². The molecule has 1 heterocycles. The Hall–Kier alpha value is -2.41. The van der Waals surface area contributed by atoms with E-state index >= 15 is 0 Å². The molecular formula is C15H17N3O3S. The molecule has 116 valence electrons. The van der Waals surface area contributed by atoms with Gasteiger partial charge in [-0.3, -0.25) is 9.59 Å². The Labute approximate surface area is 132 Å². The highest BCUT2D eigenvalue weighted by Crippen LogP contribution is 2.15. The Bertz CT molecular complexity index is 652. The summed E-state index contributed by atoms with van der Waals surface area (Å²) >= 11 is 1.21. The lowest BCUT2D eigenvalue weighted by Crippen LogP contribution is -2.28. The number of ether oxygens (including phenoxy) is 1. The van der Waals surface area contributed by atoms with Crippen LogP contribution in [0.5, 0.6) is 5.75 Å². The van der Waals surface area contributed by atoms with Gasteiger partial charge in [0.15, 0.2) is 5.13 Å². The fourth-order valence-corrected chi connectivity index (χ4v) is 2.38. The van der Waals surface area contributed by atoms with Crippen LogP contribution in [0.4, 0.5) is 5.13 Å². The van der Waals surface area contributed by atoms with Crippen molar-refractivity contribution in [2.75, 3.05) is 18.5 Å². The number of carbonyl (C=O) groups is 2. The van der Waals surface area contributed by atoms with Gasteiger partial charge in [-0.05, 0) is 19.1 Å². The van der Waals surface area contributed by atoms with E-state index in [4.69, 9.17) is 4.74 Å². The highest BCUT2D eigenvalue weighted by atomic mass is 32.1. The SMILES string of the molecule is CC(=O)Nc1nc(C(=O)NCCOc2ccc(C)cc2)cs1. The van der Waals surface area contributed by atoms with E-state index in [0.29, 0.717) is 18.3 Å². The van der Waals surface area contributed by atoms with E-state index in [1.54, 1.807) is 5.38 Å². The summed E-state index contributed by atoms with van der Waals surface area (Å²) < 4.78 is 5.52. The van der Waals surface area contributed by atoms with Gasteiger partial charge < -0.3 is 15.4 Å². The quantitative estimate of drug-likeness (QED) is 0.800. The number of rotatable bonds is 6. The van der Waals surface area contributed by atoms with Crippen molar-refractivity contribution in [3.8, 4) is 5.75 Å². The van der Waals surface area contributed by atoms with Crippen LogP contribution < -0.4 is 15.4 Å². The zero-order chi connectivity index (χ0) is 15.9. The molecule has 2 aromatic rings. The number of carbonyl (C=O) groups excluding carboxylic acids is 2. The minimum absolute atomic E-state index is 0.215. The predicted molar refractivity (Wildman–Crippen MR) is 85.4 cm³/mol. The van der Waals surface area contributed by atoms with Crippen LogP contribution in [-0.2, 0) is 4.79 Å². The molecule has 0 aliphatic heterocycles. The maximum absolute atomic E-state index is 11.9. The van der Waals surface area contributed by atoms with Crippen molar-refractivity contribution in [3.63, 3.8) is 0 Å². The molecule has 0 saturated heterocycles. The number of benzene rings is 1. The van der Waals surface area contributed by atoms with Crippen LogP contribution in [-0.4, -0.2) is 29.9 Å². The van der Waals surface area contributed by atoms with Crippen LogP contribution in [0.15, 0.2) is 29.6 Å². The third kappa shape index (κ3) is 4.85. The molecule has 0 fully saturated rings. The Kier molecular flexibility index (Phi) is 5.48. The van der Waals surface area contributed by atoms with E-state index in [0.717, 1.165) is 5.75 Å². The second-order valence-corrected chi connectivity index (χ2v) is 5.49. The van der Waals surface area contributed by atoms with Crippen LogP contribution in [0, 0.1) is 6.92 Å².